The number of aromatic amines is 1. The summed E-state index contributed by atoms with van der Waals surface area (Å²) >= 11 is 0. The Morgan fingerprint density at radius 1 is 0.837 bits per heavy atom. The lowest BCUT2D eigenvalue weighted by Crippen LogP contribution is -2.47. The van der Waals surface area contributed by atoms with Crippen LogP contribution in [0.1, 0.15) is 35.2 Å². The number of tetrazole rings is 1. The van der Waals surface area contributed by atoms with Gasteiger partial charge in [0.2, 0.25) is 5.82 Å². The number of amides is 2. The quantitative estimate of drug-likeness (QED) is 0.217. The molecule has 1 unspecified atom stereocenters. The molecule has 1 atom stereocenters. The van der Waals surface area contributed by atoms with Crippen LogP contribution in [0.4, 0.5) is 4.79 Å². The standard InChI is InChI=1S/C34H30N6O3/c1-22-8-6-7-11-29(22)26-16-18-27(19-17-26)31-30(33(41)43-21-25-9-4-3-5-10-25)23(2)40(34(42)35-31)20-24-12-14-28(15-13-24)32-36-38-39-37-32/h3-19,31H,20-21H2,1-2H3,(H,35,42)(H,36,37,38,39). The molecule has 2 N–H and O–H groups in total. The molecule has 0 saturated heterocycles. The summed E-state index contributed by atoms with van der Waals surface area (Å²) in [5.74, 6) is 0.00450. The number of aryl methyl sites for hydroxylation is 1. The molecule has 4 aromatic carbocycles. The fourth-order valence-corrected chi connectivity index (χ4v) is 5.26. The molecular weight excluding hydrogens is 540 g/mol. The largest absolute Gasteiger partial charge is 0.457 e. The van der Waals surface area contributed by atoms with Gasteiger partial charge in [-0.2, -0.15) is 5.21 Å². The van der Waals surface area contributed by atoms with Gasteiger partial charge in [-0.15, -0.1) is 10.2 Å². The Bertz CT molecular complexity index is 1770. The number of urea groups is 1. The summed E-state index contributed by atoms with van der Waals surface area (Å²) in [6.45, 7) is 4.25. The van der Waals surface area contributed by atoms with Gasteiger partial charge in [0.25, 0.3) is 0 Å². The van der Waals surface area contributed by atoms with E-state index in [1.54, 1.807) is 11.8 Å². The van der Waals surface area contributed by atoms with Crippen LogP contribution in [-0.2, 0) is 22.7 Å². The van der Waals surface area contributed by atoms with E-state index in [2.05, 4.69) is 45.0 Å². The molecule has 1 aliphatic rings. The zero-order valence-electron chi connectivity index (χ0n) is 23.8. The molecule has 5 aromatic rings. The third-order valence-electron chi connectivity index (χ3n) is 7.63. The average Bonchev–Trinajstić information content (AvgIpc) is 3.58. The van der Waals surface area contributed by atoms with Gasteiger partial charge in [0, 0.05) is 11.3 Å². The van der Waals surface area contributed by atoms with Gasteiger partial charge < -0.3 is 10.1 Å². The van der Waals surface area contributed by atoms with Crippen molar-refractivity contribution < 1.29 is 14.3 Å². The third kappa shape index (κ3) is 5.92. The van der Waals surface area contributed by atoms with Crippen LogP contribution in [0, 0.1) is 6.92 Å². The predicted molar refractivity (Wildman–Crippen MR) is 162 cm³/mol. The molecule has 9 nitrogen and oxygen atoms in total. The maximum atomic E-state index is 13.7. The summed E-state index contributed by atoms with van der Waals surface area (Å²) < 4.78 is 5.79. The Morgan fingerprint density at radius 3 is 2.23 bits per heavy atom. The summed E-state index contributed by atoms with van der Waals surface area (Å²) in [5, 5.41) is 17.1. The van der Waals surface area contributed by atoms with Crippen LogP contribution in [0.15, 0.2) is 114 Å². The first-order valence-electron chi connectivity index (χ1n) is 14.0. The molecule has 43 heavy (non-hydrogen) atoms. The molecule has 0 spiro atoms. The molecular formula is C34H30N6O3. The summed E-state index contributed by atoms with van der Waals surface area (Å²) in [7, 11) is 0. The van der Waals surface area contributed by atoms with Crippen LogP contribution in [0.3, 0.4) is 0 Å². The van der Waals surface area contributed by atoms with Crippen molar-refractivity contribution in [1.82, 2.24) is 30.8 Å². The second-order valence-corrected chi connectivity index (χ2v) is 10.4. The van der Waals surface area contributed by atoms with Crippen molar-refractivity contribution in [3.05, 3.63) is 137 Å². The number of nitrogens with one attached hydrogen (secondary N) is 2. The Kier molecular flexibility index (Phi) is 7.78. The number of nitrogens with zero attached hydrogens (tertiary/aromatic N) is 4. The lowest BCUT2D eigenvalue weighted by Gasteiger charge is -2.35. The van der Waals surface area contributed by atoms with Gasteiger partial charge >= 0.3 is 12.0 Å². The number of esters is 1. The van der Waals surface area contributed by atoms with Crippen molar-refractivity contribution in [2.45, 2.75) is 33.0 Å². The minimum atomic E-state index is -0.668. The number of H-pyrrole nitrogens is 1. The van der Waals surface area contributed by atoms with Gasteiger partial charge in [-0.05, 0) is 52.4 Å². The topological polar surface area (TPSA) is 113 Å². The molecule has 0 saturated carbocycles. The lowest BCUT2D eigenvalue weighted by atomic mass is 9.92. The van der Waals surface area contributed by atoms with E-state index in [0.29, 0.717) is 17.1 Å². The summed E-state index contributed by atoms with van der Waals surface area (Å²) in [6.07, 6.45) is 0. The van der Waals surface area contributed by atoms with Crippen molar-refractivity contribution in [3.8, 4) is 22.5 Å². The lowest BCUT2D eigenvalue weighted by molar-refractivity contribution is -0.141. The van der Waals surface area contributed by atoms with E-state index >= 15 is 0 Å². The molecule has 0 bridgehead atoms. The summed E-state index contributed by atoms with van der Waals surface area (Å²) in [5.41, 5.74) is 7.64. The maximum absolute atomic E-state index is 13.7. The fourth-order valence-electron chi connectivity index (χ4n) is 5.26. The minimum absolute atomic E-state index is 0.126. The van der Waals surface area contributed by atoms with Crippen molar-refractivity contribution >= 4 is 12.0 Å². The number of carbonyl (C=O) groups is 2. The molecule has 1 aromatic heterocycles. The van der Waals surface area contributed by atoms with E-state index in [4.69, 9.17) is 4.74 Å². The second-order valence-electron chi connectivity index (χ2n) is 10.4. The third-order valence-corrected chi connectivity index (χ3v) is 7.63. The zero-order valence-corrected chi connectivity index (χ0v) is 23.8. The molecule has 1 aliphatic heterocycles. The highest BCUT2D eigenvalue weighted by Crippen LogP contribution is 2.34. The van der Waals surface area contributed by atoms with Gasteiger partial charge in [-0.1, -0.05) is 103 Å². The number of aromatic nitrogens is 4. The number of allylic oxidation sites excluding steroid dienone is 1. The highest BCUT2D eigenvalue weighted by atomic mass is 16.5. The monoisotopic (exact) mass is 570 g/mol. The van der Waals surface area contributed by atoms with Gasteiger partial charge in [0.15, 0.2) is 0 Å². The first kappa shape index (κ1) is 27.6. The van der Waals surface area contributed by atoms with E-state index in [1.165, 1.54) is 5.56 Å². The number of ether oxygens (including phenoxy) is 1. The molecule has 6 rings (SSSR count). The van der Waals surface area contributed by atoms with Gasteiger partial charge in [-0.25, -0.2) is 9.59 Å². The second kappa shape index (κ2) is 12.1. The maximum Gasteiger partial charge on any atom is 0.338 e. The number of hydrogen-bond donors (Lipinski definition) is 2. The highest BCUT2D eigenvalue weighted by molar-refractivity contribution is 5.95. The van der Waals surface area contributed by atoms with Crippen LogP contribution in [0.5, 0.6) is 0 Å². The minimum Gasteiger partial charge on any atom is -0.457 e. The van der Waals surface area contributed by atoms with E-state index in [-0.39, 0.29) is 19.2 Å². The predicted octanol–water partition coefficient (Wildman–Crippen LogP) is 6.13. The Labute approximate surface area is 249 Å². The number of benzene rings is 4. The number of carbonyl (C=O) groups excluding carboxylic acids is 2. The van der Waals surface area contributed by atoms with E-state index < -0.39 is 12.0 Å². The molecule has 2 heterocycles. The van der Waals surface area contributed by atoms with Crippen LogP contribution in [0.2, 0.25) is 0 Å². The first-order valence-corrected chi connectivity index (χ1v) is 14.0. The Morgan fingerprint density at radius 2 is 1.53 bits per heavy atom. The van der Waals surface area contributed by atoms with Crippen LogP contribution in [-0.4, -0.2) is 37.5 Å². The first-order chi connectivity index (χ1) is 21.0. The molecule has 9 heteroatoms. The molecule has 214 valence electrons. The van der Waals surface area contributed by atoms with Gasteiger partial charge in [0.1, 0.15) is 6.61 Å². The van der Waals surface area contributed by atoms with Crippen LogP contribution >= 0.6 is 0 Å². The van der Waals surface area contributed by atoms with Gasteiger partial charge in [0.05, 0.1) is 18.2 Å². The van der Waals surface area contributed by atoms with E-state index in [1.807, 2.05) is 91.0 Å². The Balaban J connectivity index is 1.31. The summed E-state index contributed by atoms with van der Waals surface area (Å²) in [6, 6.07) is 32.2. The van der Waals surface area contributed by atoms with Gasteiger partial charge in [-0.3, -0.25) is 4.90 Å². The van der Waals surface area contributed by atoms with Crippen molar-refractivity contribution in [2.75, 3.05) is 0 Å². The summed E-state index contributed by atoms with van der Waals surface area (Å²) in [4.78, 5) is 28.8. The Hall–Kier alpha value is -5.57. The average molecular weight is 571 g/mol. The van der Waals surface area contributed by atoms with E-state index in [9.17, 15) is 9.59 Å². The van der Waals surface area contributed by atoms with Crippen LogP contribution in [0.25, 0.3) is 22.5 Å². The SMILES string of the molecule is CC1=C(C(=O)OCc2ccccc2)C(c2ccc(-c3ccccc3C)cc2)NC(=O)N1Cc1ccc(-c2nn[nH]n2)cc1. The normalized spacial score (nSPS) is 14.9. The molecule has 2 amide bonds. The zero-order chi connectivity index (χ0) is 29.8. The van der Waals surface area contributed by atoms with Crippen molar-refractivity contribution in [1.29, 1.82) is 0 Å². The molecule has 0 radical (unpaired) electrons. The highest BCUT2D eigenvalue weighted by Gasteiger charge is 2.36. The van der Waals surface area contributed by atoms with Crippen LogP contribution < -0.4 is 5.32 Å². The van der Waals surface area contributed by atoms with Crippen molar-refractivity contribution in [3.63, 3.8) is 0 Å². The fraction of sp³-hybridized carbons (Fsp3) is 0.147. The van der Waals surface area contributed by atoms with Crippen molar-refractivity contribution in [2.24, 2.45) is 0 Å². The smallest absolute Gasteiger partial charge is 0.338 e. The number of rotatable bonds is 8. The van der Waals surface area contributed by atoms with E-state index in [0.717, 1.165) is 33.4 Å². The number of hydrogen-bond acceptors (Lipinski definition) is 6. The molecule has 0 aliphatic carbocycles. The molecule has 0 fully saturated rings.